The number of hydrogen-bond donors (Lipinski definition) is 2. The Labute approximate surface area is 170 Å². The lowest BCUT2D eigenvalue weighted by molar-refractivity contribution is -0.0212. The lowest BCUT2D eigenvalue weighted by Gasteiger charge is -2.31. The molecule has 2 saturated heterocycles. The van der Waals surface area contributed by atoms with Crippen molar-refractivity contribution in [2.24, 2.45) is 4.99 Å². The largest absolute Gasteiger partial charge is 0.376 e. The number of hydrogen-bond acceptors (Lipinski definition) is 4. The van der Waals surface area contributed by atoms with Crippen molar-refractivity contribution in [3.8, 4) is 0 Å². The maximum absolute atomic E-state index is 5.65. The van der Waals surface area contributed by atoms with Gasteiger partial charge in [-0.25, -0.2) is 0 Å². The molecule has 0 spiro atoms. The van der Waals surface area contributed by atoms with Gasteiger partial charge in [0.05, 0.1) is 12.7 Å². The molecule has 2 atom stereocenters. The third-order valence-corrected chi connectivity index (χ3v) is 5.82. The molecule has 1 aromatic rings. The number of guanidine groups is 1. The van der Waals surface area contributed by atoms with Crippen LogP contribution in [0.1, 0.15) is 37.8 Å². The SMILES string of the molecule is CCN1CCCC1CNC(=NC)NCc1cccc(CN2CCOC(C)C2)c1. The zero-order chi connectivity index (χ0) is 19.8. The summed E-state index contributed by atoms with van der Waals surface area (Å²) in [5, 5.41) is 6.97. The summed E-state index contributed by atoms with van der Waals surface area (Å²) in [5.41, 5.74) is 2.65. The van der Waals surface area contributed by atoms with Crippen LogP contribution in [0.5, 0.6) is 0 Å². The fraction of sp³-hybridized carbons (Fsp3) is 0.682. The summed E-state index contributed by atoms with van der Waals surface area (Å²) in [7, 11) is 1.84. The molecule has 1 aromatic carbocycles. The number of rotatable bonds is 7. The van der Waals surface area contributed by atoms with E-state index in [4.69, 9.17) is 4.74 Å². The van der Waals surface area contributed by atoms with E-state index in [1.165, 1.54) is 30.5 Å². The first kappa shape index (κ1) is 21.1. The highest BCUT2D eigenvalue weighted by atomic mass is 16.5. The highest BCUT2D eigenvalue weighted by molar-refractivity contribution is 5.79. The van der Waals surface area contributed by atoms with E-state index in [9.17, 15) is 0 Å². The highest BCUT2D eigenvalue weighted by Crippen LogP contribution is 2.15. The summed E-state index contributed by atoms with van der Waals surface area (Å²) in [6.07, 6.45) is 2.91. The number of nitrogens with zero attached hydrogens (tertiary/aromatic N) is 3. The van der Waals surface area contributed by atoms with Crippen LogP contribution in [0, 0.1) is 0 Å². The summed E-state index contributed by atoms with van der Waals surface area (Å²) in [6, 6.07) is 9.49. The van der Waals surface area contributed by atoms with Gasteiger partial charge in [-0.2, -0.15) is 0 Å². The van der Waals surface area contributed by atoms with Gasteiger partial charge in [0, 0.05) is 45.8 Å². The van der Waals surface area contributed by atoms with E-state index in [0.29, 0.717) is 12.1 Å². The molecular formula is C22H37N5O. The van der Waals surface area contributed by atoms with Crippen molar-refractivity contribution in [1.82, 2.24) is 20.4 Å². The third-order valence-electron chi connectivity index (χ3n) is 5.82. The van der Waals surface area contributed by atoms with Gasteiger partial charge in [0.15, 0.2) is 5.96 Å². The van der Waals surface area contributed by atoms with E-state index in [1.54, 1.807) is 0 Å². The number of likely N-dealkylation sites (tertiary alicyclic amines) is 1. The number of nitrogens with one attached hydrogen (secondary N) is 2. The average molecular weight is 388 g/mol. The molecule has 2 N–H and O–H groups in total. The quantitative estimate of drug-likeness (QED) is 0.554. The topological polar surface area (TPSA) is 52.1 Å². The molecule has 0 bridgehead atoms. The minimum absolute atomic E-state index is 0.330. The van der Waals surface area contributed by atoms with Gasteiger partial charge in [0.2, 0.25) is 0 Å². The van der Waals surface area contributed by atoms with E-state index in [1.807, 2.05) is 7.05 Å². The first-order chi connectivity index (χ1) is 13.7. The molecule has 2 unspecified atom stereocenters. The Balaban J connectivity index is 1.46. The zero-order valence-electron chi connectivity index (χ0n) is 17.8. The predicted molar refractivity (Wildman–Crippen MR) is 116 cm³/mol. The number of benzene rings is 1. The second-order valence-electron chi connectivity index (χ2n) is 7.97. The van der Waals surface area contributed by atoms with Gasteiger partial charge in [0.1, 0.15) is 0 Å². The van der Waals surface area contributed by atoms with E-state index < -0.39 is 0 Å². The molecule has 0 saturated carbocycles. The van der Waals surface area contributed by atoms with Crippen LogP contribution in [0.15, 0.2) is 29.3 Å². The van der Waals surface area contributed by atoms with Crippen LogP contribution in [0.2, 0.25) is 0 Å². The van der Waals surface area contributed by atoms with Crippen LogP contribution in [0.3, 0.4) is 0 Å². The molecule has 0 radical (unpaired) electrons. The van der Waals surface area contributed by atoms with Crippen LogP contribution < -0.4 is 10.6 Å². The van der Waals surface area contributed by atoms with Crippen molar-refractivity contribution >= 4 is 5.96 Å². The Morgan fingerprint density at radius 3 is 2.89 bits per heavy atom. The molecule has 0 aliphatic carbocycles. The van der Waals surface area contributed by atoms with Crippen LogP contribution in [-0.4, -0.2) is 74.3 Å². The molecule has 2 aliphatic heterocycles. The molecule has 156 valence electrons. The summed E-state index contributed by atoms with van der Waals surface area (Å²) in [5.74, 6) is 0.885. The Kier molecular flexibility index (Phi) is 8.13. The predicted octanol–water partition coefficient (Wildman–Crippen LogP) is 2.06. The van der Waals surface area contributed by atoms with Crippen LogP contribution >= 0.6 is 0 Å². The van der Waals surface area contributed by atoms with Crippen molar-refractivity contribution in [3.63, 3.8) is 0 Å². The Morgan fingerprint density at radius 2 is 2.11 bits per heavy atom. The van der Waals surface area contributed by atoms with Gasteiger partial charge >= 0.3 is 0 Å². The summed E-state index contributed by atoms with van der Waals surface area (Å²) < 4.78 is 5.65. The summed E-state index contributed by atoms with van der Waals surface area (Å²) in [4.78, 5) is 9.42. The van der Waals surface area contributed by atoms with E-state index in [2.05, 4.69) is 63.5 Å². The van der Waals surface area contributed by atoms with Crippen molar-refractivity contribution in [1.29, 1.82) is 0 Å². The first-order valence-electron chi connectivity index (χ1n) is 10.8. The molecular weight excluding hydrogens is 350 g/mol. The Bertz CT molecular complexity index is 635. The first-order valence-corrected chi connectivity index (χ1v) is 10.8. The van der Waals surface area contributed by atoms with E-state index >= 15 is 0 Å². The van der Waals surface area contributed by atoms with Gasteiger partial charge in [-0.05, 0) is 44.0 Å². The number of ether oxygens (including phenoxy) is 1. The summed E-state index contributed by atoms with van der Waals surface area (Å²) in [6.45, 7) is 12.3. The second-order valence-corrected chi connectivity index (χ2v) is 7.97. The van der Waals surface area contributed by atoms with Crippen LogP contribution in [0.25, 0.3) is 0 Å². The zero-order valence-corrected chi connectivity index (χ0v) is 17.8. The number of aliphatic imine (C=N–C) groups is 1. The second kappa shape index (κ2) is 10.8. The van der Waals surface area contributed by atoms with Crippen LogP contribution in [-0.2, 0) is 17.8 Å². The van der Waals surface area contributed by atoms with E-state index in [0.717, 1.165) is 51.8 Å². The number of morpholine rings is 1. The minimum atomic E-state index is 0.330. The molecule has 0 aromatic heterocycles. The van der Waals surface area contributed by atoms with Crippen LogP contribution in [0.4, 0.5) is 0 Å². The highest BCUT2D eigenvalue weighted by Gasteiger charge is 2.22. The van der Waals surface area contributed by atoms with Crippen molar-refractivity contribution < 1.29 is 4.74 Å². The average Bonchev–Trinajstić information content (AvgIpc) is 3.16. The molecule has 6 nitrogen and oxygen atoms in total. The molecule has 6 heteroatoms. The molecule has 2 heterocycles. The third kappa shape index (κ3) is 6.19. The lowest BCUT2D eigenvalue weighted by Crippen LogP contribution is -2.44. The number of likely N-dealkylation sites (N-methyl/N-ethyl adjacent to an activating group) is 1. The van der Waals surface area contributed by atoms with Gasteiger partial charge in [-0.15, -0.1) is 0 Å². The maximum atomic E-state index is 5.65. The molecule has 2 fully saturated rings. The monoisotopic (exact) mass is 387 g/mol. The minimum Gasteiger partial charge on any atom is -0.376 e. The smallest absolute Gasteiger partial charge is 0.191 e. The molecule has 2 aliphatic rings. The normalized spacial score (nSPS) is 24.5. The van der Waals surface area contributed by atoms with Gasteiger partial charge < -0.3 is 15.4 Å². The van der Waals surface area contributed by atoms with Gasteiger partial charge in [-0.1, -0.05) is 31.2 Å². The van der Waals surface area contributed by atoms with Gasteiger partial charge in [-0.3, -0.25) is 14.8 Å². The molecule has 3 rings (SSSR count). The lowest BCUT2D eigenvalue weighted by atomic mass is 10.1. The molecule has 0 amide bonds. The maximum Gasteiger partial charge on any atom is 0.191 e. The van der Waals surface area contributed by atoms with Crippen molar-refractivity contribution in [2.45, 2.75) is 51.9 Å². The van der Waals surface area contributed by atoms with Gasteiger partial charge in [0.25, 0.3) is 0 Å². The van der Waals surface area contributed by atoms with Crippen molar-refractivity contribution in [2.75, 3.05) is 46.4 Å². The standard InChI is InChI=1S/C22H37N5O/c1-4-27-10-6-9-21(27)15-25-22(23-3)24-14-19-7-5-8-20(13-19)17-26-11-12-28-18(2)16-26/h5,7-8,13,18,21H,4,6,9-12,14-17H2,1-3H3,(H2,23,24,25). The van der Waals surface area contributed by atoms with E-state index in [-0.39, 0.29) is 0 Å². The Morgan fingerprint density at radius 1 is 1.25 bits per heavy atom. The van der Waals surface area contributed by atoms with Crippen molar-refractivity contribution in [3.05, 3.63) is 35.4 Å². The Hall–Kier alpha value is -1.63. The fourth-order valence-corrected chi connectivity index (χ4v) is 4.29. The fourth-order valence-electron chi connectivity index (χ4n) is 4.29. The summed E-state index contributed by atoms with van der Waals surface area (Å²) >= 11 is 0. The molecule has 28 heavy (non-hydrogen) atoms.